The molecule has 0 N–H and O–H groups in total. The lowest BCUT2D eigenvalue weighted by atomic mass is 10.1. The van der Waals surface area contributed by atoms with Crippen molar-refractivity contribution in [1.82, 2.24) is 9.13 Å². The molecule has 0 saturated heterocycles. The van der Waals surface area contributed by atoms with Crippen LogP contribution in [-0.4, -0.2) is 33.3 Å². The molecule has 0 saturated carbocycles. The van der Waals surface area contributed by atoms with Crippen LogP contribution in [0.3, 0.4) is 0 Å². The Kier molecular flexibility index (Phi) is 5.65. The van der Waals surface area contributed by atoms with E-state index in [9.17, 15) is 14.4 Å². The molecule has 3 rings (SSSR count). The zero-order valence-electron chi connectivity index (χ0n) is 16.3. The molecule has 0 aromatic carbocycles. The van der Waals surface area contributed by atoms with Gasteiger partial charge >= 0.3 is 5.97 Å². The zero-order chi connectivity index (χ0) is 20.4. The van der Waals surface area contributed by atoms with Crippen molar-refractivity contribution >= 4 is 28.9 Å². The largest absolute Gasteiger partial charge is 0.453 e. The van der Waals surface area contributed by atoms with Crippen LogP contribution in [0.5, 0.6) is 0 Å². The number of Topliss-reactive ketones (excluding diaryl/α,β-unsaturated/α-hetero) is 2. The van der Waals surface area contributed by atoms with Crippen molar-refractivity contribution in [3.05, 3.63) is 68.9 Å². The Hall–Kier alpha value is -2.93. The molecule has 146 valence electrons. The van der Waals surface area contributed by atoms with Crippen molar-refractivity contribution in [2.75, 3.05) is 6.61 Å². The molecule has 0 bridgehead atoms. The molecule has 0 spiro atoms. The van der Waals surface area contributed by atoms with Crippen LogP contribution in [0.4, 0.5) is 0 Å². The minimum Gasteiger partial charge on any atom is -0.453 e. The van der Waals surface area contributed by atoms with Crippen molar-refractivity contribution in [3.8, 4) is 0 Å². The van der Waals surface area contributed by atoms with Gasteiger partial charge in [0.15, 0.2) is 12.4 Å². The van der Waals surface area contributed by atoms with Crippen LogP contribution in [0.1, 0.15) is 54.4 Å². The smallest absolute Gasteiger partial charge is 0.355 e. The van der Waals surface area contributed by atoms with E-state index in [0.29, 0.717) is 17.7 Å². The maximum atomic E-state index is 12.6. The standard InChI is InChI=1S/C21H22N2O4S/c1-13-8-18(14(2)23(13)11-17-6-5-7-28-17)20(25)12-27-21(26)19-9-16(15(3)24)10-22(19)4/h5-10H,11-12H2,1-4H3. The number of esters is 1. The first-order chi connectivity index (χ1) is 13.3. The number of aryl methyl sites for hydroxylation is 2. The summed E-state index contributed by atoms with van der Waals surface area (Å²) in [6.45, 7) is 5.64. The quantitative estimate of drug-likeness (QED) is 0.448. The Morgan fingerprint density at radius 1 is 1.18 bits per heavy atom. The molecule has 0 amide bonds. The number of ether oxygens (including phenoxy) is 1. The number of rotatable bonds is 7. The molecule has 0 radical (unpaired) electrons. The number of aromatic nitrogens is 2. The summed E-state index contributed by atoms with van der Waals surface area (Å²) in [7, 11) is 1.66. The van der Waals surface area contributed by atoms with E-state index in [0.717, 1.165) is 11.4 Å². The van der Waals surface area contributed by atoms with E-state index in [1.54, 1.807) is 24.6 Å². The Morgan fingerprint density at radius 3 is 2.54 bits per heavy atom. The number of carbonyl (C=O) groups excluding carboxylic acids is 3. The molecule has 0 aliphatic rings. The van der Waals surface area contributed by atoms with Crippen LogP contribution in [0, 0.1) is 13.8 Å². The van der Waals surface area contributed by atoms with Gasteiger partial charge in [-0.05, 0) is 44.4 Å². The highest BCUT2D eigenvalue weighted by atomic mass is 32.1. The number of thiophene rings is 1. The maximum absolute atomic E-state index is 12.6. The van der Waals surface area contributed by atoms with Gasteiger partial charge in [0.05, 0.1) is 6.54 Å². The molecule has 3 aromatic heterocycles. The van der Waals surface area contributed by atoms with E-state index in [2.05, 4.69) is 10.6 Å². The SMILES string of the molecule is CC(=O)c1cc(C(=O)OCC(=O)c2cc(C)n(Cc3cccs3)c2C)n(C)c1. The highest BCUT2D eigenvalue weighted by Gasteiger charge is 2.20. The van der Waals surface area contributed by atoms with Crippen molar-refractivity contribution in [3.63, 3.8) is 0 Å². The monoisotopic (exact) mass is 398 g/mol. The first kappa shape index (κ1) is 19.8. The summed E-state index contributed by atoms with van der Waals surface area (Å²) >= 11 is 1.67. The highest BCUT2D eigenvalue weighted by molar-refractivity contribution is 7.09. The van der Waals surface area contributed by atoms with E-state index < -0.39 is 5.97 Å². The van der Waals surface area contributed by atoms with E-state index in [-0.39, 0.29) is 23.9 Å². The van der Waals surface area contributed by atoms with Gasteiger partial charge in [0, 0.05) is 40.6 Å². The Bertz CT molecular complexity index is 1040. The van der Waals surface area contributed by atoms with E-state index in [1.807, 2.05) is 31.4 Å². The summed E-state index contributed by atoms with van der Waals surface area (Å²) in [4.78, 5) is 37.6. The molecule has 3 aromatic rings. The Morgan fingerprint density at radius 2 is 1.93 bits per heavy atom. The number of nitrogens with zero attached hydrogens (tertiary/aromatic N) is 2. The minimum absolute atomic E-state index is 0.135. The molecule has 28 heavy (non-hydrogen) atoms. The first-order valence-corrected chi connectivity index (χ1v) is 9.72. The van der Waals surface area contributed by atoms with Gasteiger partial charge in [0.2, 0.25) is 5.78 Å². The average molecular weight is 398 g/mol. The summed E-state index contributed by atoms with van der Waals surface area (Å²) in [6.07, 6.45) is 1.57. The number of hydrogen-bond acceptors (Lipinski definition) is 5. The predicted molar refractivity (Wildman–Crippen MR) is 107 cm³/mol. The van der Waals surface area contributed by atoms with Crippen molar-refractivity contribution in [1.29, 1.82) is 0 Å². The second kappa shape index (κ2) is 7.98. The lowest BCUT2D eigenvalue weighted by molar-refractivity contribution is 0.0465. The zero-order valence-corrected chi connectivity index (χ0v) is 17.1. The third-order valence-corrected chi connectivity index (χ3v) is 5.58. The average Bonchev–Trinajstić information content (AvgIpc) is 3.36. The van der Waals surface area contributed by atoms with Gasteiger partial charge in [-0.2, -0.15) is 0 Å². The van der Waals surface area contributed by atoms with Gasteiger partial charge in [0.25, 0.3) is 0 Å². The molecular weight excluding hydrogens is 376 g/mol. The summed E-state index contributed by atoms with van der Waals surface area (Å²) in [6, 6.07) is 7.36. The van der Waals surface area contributed by atoms with Gasteiger partial charge < -0.3 is 13.9 Å². The van der Waals surface area contributed by atoms with Gasteiger partial charge in [-0.3, -0.25) is 9.59 Å². The summed E-state index contributed by atoms with van der Waals surface area (Å²) in [5.41, 5.74) is 3.05. The van der Waals surface area contributed by atoms with Crippen LogP contribution in [0.15, 0.2) is 35.8 Å². The van der Waals surface area contributed by atoms with Crippen LogP contribution >= 0.6 is 11.3 Å². The third-order valence-electron chi connectivity index (χ3n) is 4.72. The molecular formula is C21H22N2O4S. The summed E-state index contributed by atoms with van der Waals surface area (Å²) < 4.78 is 8.81. The summed E-state index contributed by atoms with van der Waals surface area (Å²) in [5.74, 6) is -1.01. The second-order valence-electron chi connectivity index (χ2n) is 6.73. The third kappa shape index (κ3) is 3.99. The van der Waals surface area contributed by atoms with E-state index >= 15 is 0 Å². The Labute approximate surface area is 167 Å². The number of hydrogen-bond donors (Lipinski definition) is 0. The fourth-order valence-corrected chi connectivity index (χ4v) is 3.82. The molecule has 7 heteroatoms. The molecule has 0 unspecified atom stereocenters. The predicted octanol–water partition coefficient (Wildman–Crippen LogP) is 3.80. The number of ketones is 2. The van der Waals surface area contributed by atoms with E-state index in [4.69, 9.17) is 4.74 Å². The van der Waals surface area contributed by atoms with Crippen LogP contribution in [0.2, 0.25) is 0 Å². The Balaban J connectivity index is 1.70. The normalized spacial score (nSPS) is 10.9. The molecule has 0 aliphatic heterocycles. The molecule has 0 aliphatic carbocycles. The number of carbonyl (C=O) groups is 3. The van der Waals surface area contributed by atoms with Crippen LogP contribution < -0.4 is 0 Å². The fraction of sp³-hybridized carbons (Fsp3) is 0.286. The first-order valence-electron chi connectivity index (χ1n) is 8.84. The van der Waals surface area contributed by atoms with Crippen molar-refractivity contribution in [2.24, 2.45) is 7.05 Å². The van der Waals surface area contributed by atoms with Crippen molar-refractivity contribution < 1.29 is 19.1 Å². The van der Waals surface area contributed by atoms with Gasteiger partial charge in [-0.1, -0.05) is 6.07 Å². The van der Waals surface area contributed by atoms with Crippen LogP contribution in [0.25, 0.3) is 0 Å². The highest BCUT2D eigenvalue weighted by Crippen LogP contribution is 2.20. The van der Waals surface area contributed by atoms with Gasteiger partial charge in [-0.15, -0.1) is 11.3 Å². The van der Waals surface area contributed by atoms with Crippen molar-refractivity contribution in [2.45, 2.75) is 27.3 Å². The van der Waals surface area contributed by atoms with Gasteiger partial charge in [0.1, 0.15) is 5.69 Å². The lowest BCUT2D eigenvalue weighted by Gasteiger charge is -2.08. The lowest BCUT2D eigenvalue weighted by Crippen LogP contribution is -2.16. The second-order valence-corrected chi connectivity index (χ2v) is 7.76. The van der Waals surface area contributed by atoms with Crippen LogP contribution in [-0.2, 0) is 18.3 Å². The fourth-order valence-electron chi connectivity index (χ4n) is 3.13. The minimum atomic E-state index is -0.629. The maximum Gasteiger partial charge on any atom is 0.355 e. The van der Waals surface area contributed by atoms with Gasteiger partial charge in [-0.25, -0.2) is 4.79 Å². The molecule has 0 fully saturated rings. The summed E-state index contributed by atoms with van der Waals surface area (Å²) in [5, 5.41) is 2.02. The molecule has 3 heterocycles. The van der Waals surface area contributed by atoms with E-state index in [1.165, 1.54) is 22.4 Å². The molecule has 6 nitrogen and oxygen atoms in total. The topological polar surface area (TPSA) is 70.3 Å². The molecule has 0 atom stereocenters.